The van der Waals surface area contributed by atoms with Gasteiger partial charge in [0.05, 0.1) is 21.7 Å². The van der Waals surface area contributed by atoms with Crippen LogP contribution in [0.2, 0.25) is 0 Å². The quantitative estimate of drug-likeness (QED) is 0.294. The van der Waals surface area contributed by atoms with E-state index in [9.17, 15) is 24.5 Å². The molecule has 9 nitrogen and oxygen atoms in total. The van der Waals surface area contributed by atoms with Crippen LogP contribution < -0.4 is 15.0 Å². The Morgan fingerprint density at radius 2 is 1.87 bits per heavy atom. The zero-order chi connectivity index (χ0) is 21.8. The maximum atomic E-state index is 12.9. The molecule has 1 saturated heterocycles. The molecule has 0 atom stereocenters. The number of non-ortho nitro benzene ring substituents is 1. The highest BCUT2D eigenvalue weighted by Gasteiger charge is 2.37. The van der Waals surface area contributed by atoms with Gasteiger partial charge in [-0.3, -0.25) is 25.0 Å². The Kier molecular flexibility index (Phi) is 6.26. The molecule has 0 spiro atoms. The molecule has 0 aliphatic carbocycles. The first-order valence-electron chi connectivity index (χ1n) is 8.90. The number of hydrogen-bond acceptors (Lipinski definition) is 6. The number of nitrogens with zero attached hydrogens (tertiary/aromatic N) is 2. The third-order valence-electron chi connectivity index (χ3n) is 4.15. The minimum atomic E-state index is -0.930. The highest BCUT2D eigenvalue weighted by Crippen LogP contribution is 2.28. The van der Waals surface area contributed by atoms with Gasteiger partial charge in [-0.25, -0.2) is 9.69 Å². The molecule has 30 heavy (non-hydrogen) atoms. The second kappa shape index (κ2) is 8.87. The van der Waals surface area contributed by atoms with Gasteiger partial charge in [0.2, 0.25) is 0 Å². The Bertz CT molecular complexity index is 1060. The van der Waals surface area contributed by atoms with Crippen molar-refractivity contribution in [2.24, 2.45) is 0 Å². The van der Waals surface area contributed by atoms with Crippen molar-refractivity contribution in [3.05, 3.63) is 68.2 Å². The number of nitro benzene ring substituents is 1. The number of nitrogens with one attached hydrogen (secondary N) is 1. The number of hydrogen-bond donors (Lipinski definition) is 1. The molecule has 0 bridgehead atoms. The number of halogens is 1. The number of ether oxygens (including phenoxy) is 1. The summed E-state index contributed by atoms with van der Waals surface area (Å²) < 4.78 is 6.22. The standard InChI is InChI=1S/C20H16BrN3O6/c1-2-9-30-17-8-3-12(11-16(17)21)10-15-18(25)22-20(27)23(19(15)26)13-4-6-14(7-5-13)24(28)29/h3-8,10-11H,2,9H2,1H3,(H,22,25,27)/b15-10+. The minimum Gasteiger partial charge on any atom is -0.492 e. The fraction of sp³-hybridized carbons (Fsp3) is 0.150. The number of imide groups is 2. The molecule has 2 aromatic rings. The molecule has 1 N–H and O–H groups in total. The van der Waals surface area contributed by atoms with Crippen LogP contribution in [0.4, 0.5) is 16.2 Å². The third-order valence-corrected chi connectivity index (χ3v) is 4.77. The zero-order valence-electron chi connectivity index (χ0n) is 15.8. The van der Waals surface area contributed by atoms with Gasteiger partial charge in [0, 0.05) is 12.1 Å². The molecule has 3 rings (SSSR count). The van der Waals surface area contributed by atoms with Crippen molar-refractivity contribution >= 4 is 51.2 Å². The zero-order valence-corrected chi connectivity index (χ0v) is 17.3. The lowest BCUT2D eigenvalue weighted by molar-refractivity contribution is -0.384. The average Bonchev–Trinajstić information content (AvgIpc) is 2.70. The predicted molar refractivity (Wildman–Crippen MR) is 112 cm³/mol. The fourth-order valence-electron chi connectivity index (χ4n) is 2.72. The molecule has 1 fully saturated rings. The number of benzene rings is 2. The van der Waals surface area contributed by atoms with E-state index < -0.39 is 22.8 Å². The summed E-state index contributed by atoms with van der Waals surface area (Å²) in [6, 6.07) is 9.00. The molecule has 154 valence electrons. The molecule has 2 aromatic carbocycles. The summed E-state index contributed by atoms with van der Waals surface area (Å²) in [7, 11) is 0. The summed E-state index contributed by atoms with van der Waals surface area (Å²) in [5.41, 5.74) is 0.209. The van der Waals surface area contributed by atoms with E-state index in [1.54, 1.807) is 18.2 Å². The van der Waals surface area contributed by atoms with Crippen LogP contribution in [-0.2, 0) is 9.59 Å². The monoisotopic (exact) mass is 473 g/mol. The summed E-state index contributed by atoms with van der Waals surface area (Å²) in [4.78, 5) is 48.3. The van der Waals surface area contributed by atoms with Gasteiger partial charge in [-0.15, -0.1) is 0 Å². The molecular formula is C20H16BrN3O6. The molecule has 4 amide bonds. The predicted octanol–water partition coefficient (Wildman–Crippen LogP) is 3.81. The summed E-state index contributed by atoms with van der Waals surface area (Å²) in [5, 5.41) is 12.9. The van der Waals surface area contributed by atoms with Gasteiger partial charge in [0.1, 0.15) is 11.3 Å². The van der Waals surface area contributed by atoms with Gasteiger partial charge in [0.15, 0.2) is 0 Å². The van der Waals surface area contributed by atoms with Crippen molar-refractivity contribution < 1.29 is 24.0 Å². The van der Waals surface area contributed by atoms with E-state index in [0.717, 1.165) is 11.3 Å². The number of anilines is 1. The van der Waals surface area contributed by atoms with Gasteiger partial charge in [-0.1, -0.05) is 13.0 Å². The molecule has 0 radical (unpaired) electrons. The van der Waals surface area contributed by atoms with E-state index in [-0.39, 0.29) is 16.9 Å². The summed E-state index contributed by atoms with van der Waals surface area (Å²) in [6.07, 6.45) is 2.20. The van der Waals surface area contributed by atoms with Crippen LogP contribution in [-0.4, -0.2) is 29.4 Å². The first-order valence-corrected chi connectivity index (χ1v) is 9.69. The van der Waals surface area contributed by atoms with Crippen molar-refractivity contribution in [2.75, 3.05) is 11.5 Å². The average molecular weight is 474 g/mol. The van der Waals surface area contributed by atoms with Crippen molar-refractivity contribution in [3.63, 3.8) is 0 Å². The maximum Gasteiger partial charge on any atom is 0.335 e. The van der Waals surface area contributed by atoms with Crippen LogP contribution in [0.1, 0.15) is 18.9 Å². The van der Waals surface area contributed by atoms with E-state index in [2.05, 4.69) is 21.2 Å². The molecule has 10 heteroatoms. The first kappa shape index (κ1) is 21.2. The normalized spacial score (nSPS) is 15.3. The lowest BCUT2D eigenvalue weighted by Gasteiger charge is -2.26. The van der Waals surface area contributed by atoms with Gasteiger partial charge in [0.25, 0.3) is 17.5 Å². The van der Waals surface area contributed by atoms with Crippen molar-refractivity contribution in [1.82, 2.24) is 5.32 Å². The number of barbiturate groups is 1. The number of amides is 4. The Labute approximate surface area is 179 Å². The lowest BCUT2D eigenvalue weighted by atomic mass is 10.1. The van der Waals surface area contributed by atoms with Crippen LogP contribution in [0.3, 0.4) is 0 Å². The highest BCUT2D eigenvalue weighted by molar-refractivity contribution is 9.10. The first-order chi connectivity index (χ1) is 14.3. The maximum absolute atomic E-state index is 12.9. The van der Waals surface area contributed by atoms with Crippen molar-refractivity contribution in [3.8, 4) is 5.75 Å². The molecule has 1 aliphatic rings. The van der Waals surface area contributed by atoms with Crippen molar-refractivity contribution in [1.29, 1.82) is 0 Å². The third kappa shape index (κ3) is 4.38. The van der Waals surface area contributed by atoms with Gasteiger partial charge >= 0.3 is 6.03 Å². The number of carbonyl (C=O) groups is 3. The molecule has 0 unspecified atom stereocenters. The minimum absolute atomic E-state index is 0.103. The smallest absolute Gasteiger partial charge is 0.335 e. The Morgan fingerprint density at radius 3 is 2.47 bits per heavy atom. The van der Waals surface area contributed by atoms with Crippen LogP contribution in [0, 0.1) is 10.1 Å². The number of urea groups is 1. The molecule has 0 aromatic heterocycles. The fourth-order valence-corrected chi connectivity index (χ4v) is 3.23. The van der Waals surface area contributed by atoms with E-state index in [0.29, 0.717) is 22.4 Å². The van der Waals surface area contributed by atoms with Crippen LogP contribution in [0.5, 0.6) is 5.75 Å². The highest BCUT2D eigenvalue weighted by atomic mass is 79.9. The Balaban J connectivity index is 1.92. The molecular weight excluding hydrogens is 458 g/mol. The van der Waals surface area contributed by atoms with Gasteiger partial charge in [-0.05, 0) is 58.3 Å². The number of carbonyl (C=O) groups excluding carboxylic acids is 3. The van der Waals surface area contributed by atoms with Crippen LogP contribution in [0.15, 0.2) is 52.5 Å². The second-order valence-electron chi connectivity index (χ2n) is 6.27. The Hall–Kier alpha value is -3.53. The van der Waals surface area contributed by atoms with E-state index in [4.69, 9.17) is 4.74 Å². The van der Waals surface area contributed by atoms with Crippen molar-refractivity contribution in [2.45, 2.75) is 13.3 Å². The second-order valence-corrected chi connectivity index (χ2v) is 7.12. The molecule has 1 heterocycles. The summed E-state index contributed by atoms with van der Waals surface area (Å²) >= 11 is 3.39. The number of rotatable bonds is 6. The molecule has 0 saturated carbocycles. The van der Waals surface area contributed by atoms with Crippen LogP contribution >= 0.6 is 15.9 Å². The van der Waals surface area contributed by atoms with E-state index >= 15 is 0 Å². The van der Waals surface area contributed by atoms with Gasteiger partial charge < -0.3 is 4.74 Å². The van der Waals surface area contributed by atoms with E-state index in [1.165, 1.54) is 30.3 Å². The largest absolute Gasteiger partial charge is 0.492 e. The molecule has 1 aliphatic heterocycles. The van der Waals surface area contributed by atoms with Gasteiger partial charge in [-0.2, -0.15) is 0 Å². The SMILES string of the molecule is CCCOc1ccc(/C=C2\C(=O)NC(=O)N(c3ccc([N+](=O)[O-])cc3)C2=O)cc1Br. The lowest BCUT2D eigenvalue weighted by Crippen LogP contribution is -2.54. The topological polar surface area (TPSA) is 119 Å². The van der Waals surface area contributed by atoms with Crippen LogP contribution in [0.25, 0.3) is 6.08 Å². The number of nitro groups is 1. The summed E-state index contributed by atoms with van der Waals surface area (Å²) in [6.45, 7) is 2.53. The summed E-state index contributed by atoms with van der Waals surface area (Å²) in [5.74, 6) is -1.04. The Morgan fingerprint density at radius 1 is 1.17 bits per heavy atom. The van der Waals surface area contributed by atoms with E-state index in [1.807, 2.05) is 6.92 Å².